The van der Waals surface area contributed by atoms with Crippen molar-refractivity contribution in [2.45, 2.75) is 38.8 Å². The van der Waals surface area contributed by atoms with E-state index in [1.165, 1.54) is 4.31 Å². The quantitative estimate of drug-likeness (QED) is 0.260. The van der Waals surface area contributed by atoms with E-state index in [-0.39, 0.29) is 18.0 Å². The van der Waals surface area contributed by atoms with Crippen molar-refractivity contribution in [1.82, 2.24) is 8.87 Å². The van der Waals surface area contributed by atoms with E-state index in [1.54, 1.807) is 24.3 Å². The standard InChI is InChI=1S/C31H31N3O3S/c1-4-34-29-11-6-5-10-27(29)28-19-25(14-17-30(28)34)32-31(35)21-33(20-24-9-7-8-23(3)18-24)38(36,37)26-15-12-22(2)13-16-26/h5-19H,4,20-21H2,1-3H3,(H,32,35). The number of carbonyl (C=O) groups excluding carboxylic acids is 1. The summed E-state index contributed by atoms with van der Waals surface area (Å²) in [7, 11) is -3.91. The van der Waals surface area contributed by atoms with Gasteiger partial charge in [-0.1, -0.05) is 65.7 Å². The number of fused-ring (bicyclic) bond motifs is 3. The van der Waals surface area contributed by atoms with Crippen molar-refractivity contribution >= 4 is 43.4 Å². The molecule has 0 saturated carbocycles. The fraction of sp³-hybridized carbons (Fsp3) is 0.194. The first-order chi connectivity index (χ1) is 18.3. The van der Waals surface area contributed by atoms with Crippen LogP contribution in [0.2, 0.25) is 0 Å². The number of hydrogen-bond acceptors (Lipinski definition) is 3. The lowest BCUT2D eigenvalue weighted by Crippen LogP contribution is -2.37. The lowest BCUT2D eigenvalue weighted by Gasteiger charge is -2.22. The predicted molar refractivity (Wildman–Crippen MR) is 154 cm³/mol. The Labute approximate surface area is 223 Å². The molecule has 1 heterocycles. The Morgan fingerprint density at radius 2 is 1.55 bits per heavy atom. The maximum absolute atomic E-state index is 13.6. The molecule has 6 nitrogen and oxygen atoms in total. The molecular weight excluding hydrogens is 494 g/mol. The summed E-state index contributed by atoms with van der Waals surface area (Å²) in [6.07, 6.45) is 0. The molecule has 4 aromatic carbocycles. The van der Waals surface area contributed by atoms with Crippen LogP contribution >= 0.6 is 0 Å². The molecule has 0 aliphatic carbocycles. The van der Waals surface area contributed by atoms with Gasteiger partial charge in [-0.2, -0.15) is 4.31 Å². The van der Waals surface area contributed by atoms with E-state index < -0.39 is 15.9 Å². The van der Waals surface area contributed by atoms with Crippen molar-refractivity contribution in [3.63, 3.8) is 0 Å². The molecule has 5 aromatic rings. The maximum atomic E-state index is 13.6. The fourth-order valence-electron chi connectivity index (χ4n) is 4.93. The second-order valence-electron chi connectivity index (χ2n) is 9.62. The summed E-state index contributed by atoms with van der Waals surface area (Å²) in [5.41, 5.74) is 5.68. The normalized spacial score (nSPS) is 11.9. The highest BCUT2D eigenvalue weighted by Crippen LogP contribution is 2.31. The maximum Gasteiger partial charge on any atom is 0.243 e. The van der Waals surface area contributed by atoms with Crippen LogP contribution in [-0.4, -0.2) is 29.7 Å². The summed E-state index contributed by atoms with van der Waals surface area (Å²) in [6, 6.07) is 28.4. The van der Waals surface area contributed by atoms with Crippen molar-refractivity contribution in [2.24, 2.45) is 0 Å². The second-order valence-corrected chi connectivity index (χ2v) is 11.6. The minimum atomic E-state index is -3.91. The summed E-state index contributed by atoms with van der Waals surface area (Å²) in [6.45, 7) is 6.59. The first-order valence-electron chi connectivity index (χ1n) is 12.7. The Balaban J connectivity index is 1.44. The first kappa shape index (κ1) is 25.7. The molecule has 0 spiro atoms. The van der Waals surface area contributed by atoms with Crippen molar-refractivity contribution in [3.8, 4) is 0 Å². The summed E-state index contributed by atoms with van der Waals surface area (Å²) in [5.74, 6) is -0.396. The Morgan fingerprint density at radius 3 is 2.29 bits per heavy atom. The molecule has 194 valence electrons. The minimum absolute atomic E-state index is 0.0916. The number of hydrogen-bond donors (Lipinski definition) is 1. The van der Waals surface area contributed by atoms with Crippen LogP contribution < -0.4 is 5.32 Å². The zero-order valence-electron chi connectivity index (χ0n) is 21.8. The van der Waals surface area contributed by atoms with Crippen molar-refractivity contribution in [2.75, 3.05) is 11.9 Å². The van der Waals surface area contributed by atoms with E-state index in [0.29, 0.717) is 5.69 Å². The van der Waals surface area contributed by atoms with Gasteiger partial charge in [0, 0.05) is 40.6 Å². The molecule has 0 aliphatic rings. The van der Waals surface area contributed by atoms with Crippen LogP contribution in [0.1, 0.15) is 23.6 Å². The Morgan fingerprint density at radius 1 is 0.816 bits per heavy atom. The zero-order chi connectivity index (χ0) is 26.9. The number of nitrogens with zero attached hydrogens (tertiary/aromatic N) is 2. The molecule has 5 rings (SSSR count). The number of amides is 1. The largest absolute Gasteiger partial charge is 0.341 e. The van der Waals surface area contributed by atoms with E-state index in [1.807, 2.05) is 68.4 Å². The zero-order valence-corrected chi connectivity index (χ0v) is 22.6. The molecule has 0 atom stereocenters. The molecule has 7 heteroatoms. The van der Waals surface area contributed by atoms with Gasteiger partial charge in [-0.25, -0.2) is 8.42 Å². The van der Waals surface area contributed by atoms with Gasteiger partial charge < -0.3 is 9.88 Å². The van der Waals surface area contributed by atoms with E-state index >= 15 is 0 Å². The highest BCUT2D eigenvalue weighted by Gasteiger charge is 2.27. The number of carbonyl (C=O) groups is 1. The van der Waals surface area contributed by atoms with Gasteiger partial charge >= 0.3 is 0 Å². The molecule has 0 aliphatic heterocycles. The van der Waals surface area contributed by atoms with Crippen LogP contribution in [-0.2, 0) is 27.9 Å². The summed E-state index contributed by atoms with van der Waals surface area (Å²) in [4.78, 5) is 13.4. The number of aromatic nitrogens is 1. The molecule has 1 aromatic heterocycles. The Bertz CT molecular complexity index is 1740. The third-order valence-electron chi connectivity index (χ3n) is 6.79. The molecule has 38 heavy (non-hydrogen) atoms. The monoisotopic (exact) mass is 525 g/mol. The van der Waals surface area contributed by atoms with Gasteiger partial charge in [0.1, 0.15) is 0 Å². The van der Waals surface area contributed by atoms with E-state index in [9.17, 15) is 13.2 Å². The van der Waals surface area contributed by atoms with Gasteiger partial charge in [-0.3, -0.25) is 4.79 Å². The van der Waals surface area contributed by atoms with E-state index in [4.69, 9.17) is 0 Å². The predicted octanol–water partition coefficient (Wildman–Crippen LogP) is 6.26. The molecule has 0 fully saturated rings. The van der Waals surface area contributed by atoms with Crippen LogP contribution in [0.15, 0.2) is 95.9 Å². The van der Waals surface area contributed by atoms with Crippen LogP contribution in [0.4, 0.5) is 5.69 Å². The minimum Gasteiger partial charge on any atom is -0.341 e. The van der Waals surface area contributed by atoms with Crippen LogP contribution in [0.5, 0.6) is 0 Å². The van der Waals surface area contributed by atoms with Gasteiger partial charge in [0.25, 0.3) is 0 Å². The summed E-state index contributed by atoms with van der Waals surface area (Å²) in [5, 5.41) is 5.09. The van der Waals surface area contributed by atoms with E-state index in [0.717, 1.165) is 45.0 Å². The molecule has 0 saturated heterocycles. The molecular formula is C31H31N3O3S. The number of nitrogens with one attached hydrogen (secondary N) is 1. The Kier molecular flexibility index (Phi) is 7.06. The fourth-order valence-corrected chi connectivity index (χ4v) is 6.32. The van der Waals surface area contributed by atoms with Gasteiger partial charge in [0.05, 0.1) is 11.4 Å². The number of aryl methyl sites for hydroxylation is 3. The molecule has 1 N–H and O–H groups in total. The molecule has 0 unspecified atom stereocenters. The van der Waals surface area contributed by atoms with Crippen LogP contribution in [0.3, 0.4) is 0 Å². The van der Waals surface area contributed by atoms with Gasteiger partial charge in [-0.05, 0) is 62.7 Å². The SMILES string of the molecule is CCn1c2ccccc2c2cc(NC(=O)CN(Cc3cccc(C)c3)S(=O)(=O)c3ccc(C)cc3)ccc21. The highest BCUT2D eigenvalue weighted by molar-refractivity contribution is 7.89. The number of benzene rings is 4. The topological polar surface area (TPSA) is 71.4 Å². The van der Waals surface area contributed by atoms with Crippen LogP contribution in [0, 0.1) is 13.8 Å². The smallest absolute Gasteiger partial charge is 0.243 e. The third kappa shape index (κ3) is 5.08. The molecule has 1 amide bonds. The van der Waals surface area contributed by atoms with Gasteiger partial charge in [0.2, 0.25) is 15.9 Å². The van der Waals surface area contributed by atoms with Crippen molar-refractivity contribution < 1.29 is 13.2 Å². The summed E-state index contributed by atoms with van der Waals surface area (Å²) >= 11 is 0. The number of para-hydroxylation sites is 1. The lowest BCUT2D eigenvalue weighted by molar-refractivity contribution is -0.116. The highest BCUT2D eigenvalue weighted by atomic mass is 32.2. The van der Waals surface area contributed by atoms with Crippen LogP contribution in [0.25, 0.3) is 21.8 Å². The Hall–Kier alpha value is -3.94. The first-order valence-corrected chi connectivity index (χ1v) is 14.1. The molecule has 0 bridgehead atoms. The van der Waals surface area contributed by atoms with Crippen molar-refractivity contribution in [3.05, 3.63) is 108 Å². The van der Waals surface area contributed by atoms with Gasteiger partial charge in [0.15, 0.2) is 0 Å². The lowest BCUT2D eigenvalue weighted by atomic mass is 10.1. The molecule has 0 radical (unpaired) electrons. The second kappa shape index (κ2) is 10.4. The number of anilines is 1. The average Bonchev–Trinajstić information content (AvgIpc) is 3.21. The van der Waals surface area contributed by atoms with E-state index in [2.05, 4.69) is 28.9 Å². The van der Waals surface area contributed by atoms with Gasteiger partial charge in [-0.15, -0.1) is 0 Å². The number of rotatable bonds is 8. The summed E-state index contributed by atoms with van der Waals surface area (Å²) < 4.78 is 30.7. The van der Waals surface area contributed by atoms with Crippen molar-refractivity contribution in [1.29, 1.82) is 0 Å². The number of sulfonamides is 1. The average molecular weight is 526 g/mol. The third-order valence-corrected chi connectivity index (χ3v) is 8.60.